The molecule has 1 heterocycles. The number of thiophene rings is 1. The van der Waals surface area contributed by atoms with Crippen molar-refractivity contribution in [3.8, 4) is 33.4 Å². The molecule has 0 fully saturated rings. The number of fused-ring (bicyclic) bond motifs is 7. The lowest BCUT2D eigenvalue weighted by molar-refractivity contribution is 1.28. The quantitative estimate of drug-likeness (QED) is 0.154. The highest BCUT2D eigenvalue weighted by molar-refractivity contribution is 7.25. The molecule has 1 nitrogen and oxygen atoms in total. The van der Waals surface area contributed by atoms with Gasteiger partial charge in [-0.25, -0.2) is 0 Å². The van der Waals surface area contributed by atoms with E-state index < -0.39 is 0 Å². The smallest absolute Gasteiger partial charge is 0.0467 e. The van der Waals surface area contributed by atoms with E-state index in [4.69, 9.17) is 0 Å². The van der Waals surface area contributed by atoms with Gasteiger partial charge in [0.05, 0.1) is 0 Å². The maximum atomic E-state index is 2.38. The van der Waals surface area contributed by atoms with Crippen LogP contribution in [0, 0.1) is 0 Å². The number of benzene rings is 10. The van der Waals surface area contributed by atoms with E-state index >= 15 is 0 Å². The average Bonchev–Trinajstić information content (AvgIpc) is 3.65. The van der Waals surface area contributed by atoms with Crippen LogP contribution in [0.15, 0.2) is 212 Å². The van der Waals surface area contributed by atoms with Gasteiger partial charge in [0.1, 0.15) is 0 Å². The number of rotatable bonds is 6. The Labute approximate surface area is 330 Å². The van der Waals surface area contributed by atoms with Crippen molar-refractivity contribution in [1.82, 2.24) is 0 Å². The van der Waals surface area contributed by atoms with Crippen LogP contribution in [-0.4, -0.2) is 0 Å². The zero-order valence-electron chi connectivity index (χ0n) is 30.6. The minimum absolute atomic E-state index is 1.11. The highest BCUT2D eigenvalue weighted by Crippen LogP contribution is 2.42. The summed E-state index contributed by atoms with van der Waals surface area (Å²) in [6, 6.07) is 77.8. The number of hydrogen-bond acceptors (Lipinski definition) is 2. The highest BCUT2D eigenvalue weighted by atomic mass is 32.1. The third-order valence-electron chi connectivity index (χ3n) is 11.2. The van der Waals surface area contributed by atoms with Gasteiger partial charge in [-0.3, -0.25) is 0 Å². The van der Waals surface area contributed by atoms with Gasteiger partial charge < -0.3 is 4.90 Å². The predicted molar refractivity (Wildman–Crippen MR) is 243 cm³/mol. The van der Waals surface area contributed by atoms with Gasteiger partial charge >= 0.3 is 0 Å². The number of anilines is 3. The molecule has 0 atom stereocenters. The van der Waals surface area contributed by atoms with Crippen LogP contribution in [0.1, 0.15) is 0 Å². The van der Waals surface area contributed by atoms with Crippen LogP contribution in [0.25, 0.3) is 85.9 Å². The van der Waals surface area contributed by atoms with Crippen molar-refractivity contribution in [2.75, 3.05) is 4.90 Å². The van der Waals surface area contributed by atoms with E-state index in [0.717, 1.165) is 17.1 Å². The SMILES string of the molecule is c1cc(-c2cc3ccccc3c3ccccc23)cc(N(c2ccc(-c3ccc4ccccc4c3)cc2)c2ccc(-c3ccc4c(c3)sc3ccccc34)cc2)c1. The van der Waals surface area contributed by atoms with Crippen molar-refractivity contribution in [2.24, 2.45) is 0 Å². The Morgan fingerprint density at radius 2 is 0.839 bits per heavy atom. The molecule has 0 amide bonds. The maximum absolute atomic E-state index is 2.38. The van der Waals surface area contributed by atoms with Crippen LogP contribution >= 0.6 is 11.3 Å². The lowest BCUT2D eigenvalue weighted by Crippen LogP contribution is -2.10. The van der Waals surface area contributed by atoms with Gasteiger partial charge in [-0.15, -0.1) is 11.3 Å². The summed E-state index contributed by atoms with van der Waals surface area (Å²) in [6.07, 6.45) is 0. The zero-order valence-corrected chi connectivity index (χ0v) is 31.4. The number of nitrogens with zero attached hydrogens (tertiary/aromatic N) is 1. The molecule has 0 bridgehead atoms. The molecular weight excluding hydrogens is 695 g/mol. The summed E-state index contributed by atoms with van der Waals surface area (Å²) in [4.78, 5) is 2.38. The Morgan fingerprint density at radius 3 is 1.61 bits per heavy atom. The van der Waals surface area contributed by atoms with E-state index in [1.165, 1.54) is 85.9 Å². The molecule has 10 aromatic carbocycles. The number of hydrogen-bond donors (Lipinski definition) is 0. The van der Waals surface area contributed by atoms with Crippen molar-refractivity contribution < 1.29 is 0 Å². The fourth-order valence-corrected chi connectivity index (χ4v) is 9.58. The van der Waals surface area contributed by atoms with Gasteiger partial charge in [0.15, 0.2) is 0 Å². The molecule has 0 aliphatic rings. The summed E-state index contributed by atoms with van der Waals surface area (Å²) in [7, 11) is 0. The standard InChI is InChI=1S/C54H35NS/c1-2-11-39-32-40(21-20-36(39)10-1)37-22-27-44(28-23-37)55(45-29-24-38(25-30-45)41-26-31-51-50-18-7-8-19-53(50)56-54(51)35-41)46-14-9-13-42(33-46)52-34-43-12-3-4-15-47(43)48-16-5-6-17-49(48)52/h1-35H. The van der Waals surface area contributed by atoms with Crippen molar-refractivity contribution in [3.05, 3.63) is 212 Å². The van der Waals surface area contributed by atoms with E-state index in [2.05, 4.69) is 217 Å². The molecule has 11 rings (SSSR count). The Kier molecular flexibility index (Phi) is 7.75. The van der Waals surface area contributed by atoms with Crippen LogP contribution in [0.5, 0.6) is 0 Å². The molecule has 0 spiro atoms. The van der Waals surface area contributed by atoms with Crippen LogP contribution < -0.4 is 4.90 Å². The van der Waals surface area contributed by atoms with Gasteiger partial charge in [0.2, 0.25) is 0 Å². The second-order valence-corrected chi connectivity index (χ2v) is 15.6. The third-order valence-corrected chi connectivity index (χ3v) is 12.4. The largest absolute Gasteiger partial charge is 0.310 e. The van der Waals surface area contributed by atoms with Gasteiger partial charge in [-0.1, -0.05) is 152 Å². The topological polar surface area (TPSA) is 3.24 Å². The lowest BCUT2D eigenvalue weighted by atomic mass is 9.93. The third kappa shape index (κ3) is 5.62. The molecular formula is C54H35NS. The average molecular weight is 730 g/mol. The molecule has 0 radical (unpaired) electrons. The van der Waals surface area contributed by atoms with Crippen LogP contribution in [0.2, 0.25) is 0 Å². The maximum Gasteiger partial charge on any atom is 0.0467 e. The van der Waals surface area contributed by atoms with E-state index in [-0.39, 0.29) is 0 Å². The molecule has 0 aliphatic carbocycles. The van der Waals surface area contributed by atoms with E-state index in [9.17, 15) is 0 Å². The van der Waals surface area contributed by atoms with Crippen molar-refractivity contribution in [1.29, 1.82) is 0 Å². The molecule has 0 saturated heterocycles. The van der Waals surface area contributed by atoms with Crippen molar-refractivity contribution >= 4 is 80.9 Å². The van der Waals surface area contributed by atoms with Crippen LogP contribution in [-0.2, 0) is 0 Å². The fourth-order valence-electron chi connectivity index (χ4n) is 8.43. The fraction of sp³-hybridized carbons (Fsp3) is 0. The molecule has 2 heteroatoms. The van der Waals surface area contributed by atoms with E-state index in [1.807, 2.05) is 11.3 Å². The Bertz CT molecular complexity index is 3250. The lowest BCUT2D eigenvalue weighted by Gasteiger charge is -2.26. The van der Waals surface area contributed by atoms with Gasteiger partial charge in [0, 0.05) is 37.2 Å². The van der Waals surface area contributed by atoms with Gasteiger partial charge in [-0.05, 0) is 126 Å². The second-order valence-electron chi connectivity index (χ2n) is 14.5. The zero-order chi connectivity index (χ0) is 37.0. The Hall–Kier alpha value is -7.00. The summed E-state index contributed by atoms with van der Waals surface area (Å²) in [5.74, 6) is 0. The first-order chi connectivity index (χ1) is 27.7. The molecule has 0 unspecified atom stereocenters. The molecule has 11 aromatic rings. The van der Waals surface area contributed by atoms with Crippen molar-refractivity contribution in [3.63, 3.8) is 0 Å². The Balaban J connectivity index is 1.02. The first kappa shape index (κ1) is 32.4. The molecule has 0 saturated carbocycles. The Morgan fingerprint density at radius 1 is 0.268 bits per heavy atom. The highest BCUT2D eigenvalue weighted by Gasteiger charge is 2.16. The molecule has 262 valence electrons. The molecule has 1 aromatic heterocycles. The van der Waals surface area contributed by atoms with Crippen molar-refractivity contribution in [2.45, 2.75) is 0 Å². The summed E-state index contributed by atoms with van der Waals surface area (Å²) < 4.78 is 2.65. The van der Waals surface area contributed by atoms with Gasteiger partial charge in [0.25, 0.3) is 0 Å². The van der Waals surface area contributed by atoms with Crippen LogP contribution in [0.4, 0.5) is 17.1 Å². The van der Waals surface area contributed by atoms with E-state index in [0.29, 0.717) is 0 Å². The minimum atomic E-state index is 1.11. The van der Waals surface area contributed by atoms with Gasteiger partial charge in [-0.2, -0.15) is 0 Å². The first-order valence-corrected chi connectivity index (χ1v) is 20.0. The molecule has 56 heavy (non-hydrogen) atoms. The monoisotopic (exact) mass is 729 g/mol. The summed E-state index contributed by atoms with van der Waals surface area (Å²) in [6.45, 7) is 0. The normalized spacial score (nSPS) is 11.6. The van der Waals surface area contributed by atoms with Crippen LogP contribution in [0.3, 0.4) is 0 Å². The molecule has 0 aliphatic heterocycles. The molecule has 0 N–H and O–H groups in total. The minimum Gasteiger partial charge on any atom is -0.310 e. The summed E-state index contributed by atoms with van der Waals surface area (Å²) in [5.41, 5.74) is 10.6. The van der Waals surface area contributed by atoms with E-state index in [1.54, 1.807) is 0 Å². The first-order valence-electron chi connectivity index (χ1n) is 19.2. The summed E-state index contributed by atoms with van der Waals surface area (Å²) in [5, 5.41) is 10.2. The second kappa shape index (κ2) is 13.4. The summed E-state index contributed by atoms with van der Waals surface area (Å²) >= 11 is 1.87. The predicted octanol–water partition coefficient (Wildman–Crippen LogP) is 16.0.